The van der Waals surface area contributed by atoms with E-state index in [4.69, 9.17) is 0 Å². The van der Waals surface area contributed by atoms with E-state index in [0.29, 0.717) is 5.56 Å². The van der Waals surface area contributed by atoms with Gasteiger partial charge in [0, 0.05) is 0 Å². The van der Waals surface area contributed by atoms with E-state index in [1.807, 2.05) is 6.92 Å². The largest absolute Gasteiger partial charge is 0.748 e. The number of aryl methyl sites for hydroxylation is 1. The molecule has 4 N–H and O–H groups in total. The predicted molar refractivity (Wildman–Crippen MR) is 50.6 cm³/mol. The van der Waals surface area contributed by atoms with Gasteiger partial charge in [0.05, 0.1) is 15.9 Å². The summed E-state index contributed by atoms with van der Waals surface area (Å²) in [4.78, 5) is 0. The normalized spacial score (nSPS) is 10.6. The van der Waals surface area contributed by atoms with Crippen LogP contribution in [0.1, 0.15) is 11.1 Å². The minimum absolute atomic E-state index is 0. The van der Waals surface area contributed by atoms with Crippen LogP contribution in [-0.4, -0.2) is 13.0 Å². The highest BCUT2D eigenvalue weighted by molar-refractivity contribution is 7.84. The van der Waals surface area contributed by atoms with Gasteiger partial charge in [-0.1, -0.05) is 29.8 Å². The van der Waals surface area contributed by atoms with Crippen LogP contribution in [0.3, 0.4) is 0 Å². The molecular formula is C8H13NO3S. The Hall–Kier alpha value is -0.910. The molecule has 1 aromatic carbocycles. The van der Waals surface area contributed by atoms with E-state index in [1.165, 1.54) is 0 Å². The molecule has 4 nitrogen and oxygen atoms in total. The highest BCUT2D eigenvalue weighted by atomic mass is 32.2. The first-order valence-electron chi connectivity index (χ1n) is 3.46. The maximum Gasteiger partial charge on any atom is 0.0988 e. The minimum atomic E-state index is -4.14. The van der Waals surface area contributed by atoms with Crippen LogP contribution in [-0.2, 0) is 15.9 Å². The quantitative estimate of drug-likeness (QED) is 0.736. The molecule has 5 heteroatoms. The van der Waals surface area contributed by atoms with Crippen LogP contribution in [0.2, 0.25) is 0 Å². The molecule has 0 fully saturated rings. The fraction of sp³-hybridized carbons (Fsp3) is 0.250. The molecular weight excluding hydrogens is 190 g/mol. The number of rotatable bonds is 2. The molecule has 0 unspecified atom stereocenters. The highest BCUT2D eigenvalue weighted by Gasteiger charge is 1.97. The SMILES string of the molecule is Cc1ccc(CS(=O)(=O)[O-])cc1.[NH4+]. The lowest BCUT2D eigenvalue weighted by atomic mass is 10.2. The van der Waals surface area contributed by atoms with Gasteiger partial charge < -0.3 is 10.7 Å². The fourth-order valence-corrected chi connectivity index (χ4v) is 1.49. The number of hydrogen-bond donors (Lipinski definition) is 1. The average molecular weight is 203 g/mol. The minimum Gasteiger partial charge on any atom is -0.748 e. The summed E-state index contributed by atoms with van der Waals surface area (Å²) >= 11 is 0. The van der Waals surface area contributed by atoms with Crippen LogP contribution in [0, 0.1) is 6.92 Å². The lowest BCUT2D eigenvalue weighted by Gasteiger charge is -2.06. The highest BCUT2D eigenvalue weighted by Crippen LogP contribution is 2.06. The third kappa shape index (κ3) is 4.62. The Morgan fingerprint density at radius 3 is 2.08 bits per heavy atom. The summed E-state index contributed by atoms with van der Waals surface area (Å²) in [6.07, 6.45) is 0. The van der Waals surface area contributed by atoms with Crippen molar-refractivity contribution in [2.45, 2.75) is 12.7 Å². The lowest BCUT2D eigenvalue weighted by molar-refractivity contribution is 0.462. The zero-order valence-corrected chi connectivity index (χ0v) is 8.47. The molecule has 0 saturated carbocycles. The van der Waals surface area contributed by atoms with Gasteiger partial charge in [-0.05, 0) is 12.5 Å². The van der Waals surface area contributed by atoms with Gasteiger partial charge in [-0.2, -0.15) is 0 Å². The van der Waals surface area contributed by atoms with Crippen molar-refractivity contribution >= 4 is 10.1 Å². The predicted octanol–water partition coefficient (Wildman–Crippen LogP) is 1.42. The molecule has 0 aliphatic heterocycles. The maximum absolute atomic E-state index is 10.3. The summed E-state index contributed by atoms with van der Waals surface area (Å²) in [5.41, 5.74) is 1.58. The van der Waals surface area contributed by atoms with E-state index in [1.54, 1.807) is 24.3 Å². The molecule has 0 atom stereocenters. The molecule has 0 aliphatic rings. The van der Waals surface area contributed by atoms with Crippen molar-refractivity contribution in [3.63, 3.8) is 0 Å². The van der Waals surface area contributed by atoms with Crippen molar-refractivity contribution in [2.75, 3.05) is 0 Å². The van der Waals surface area contributed by atoms with Gasteiger partial charge in [-0.15, -0.1) is 0 Å². The zero-order valence-electron chi connectivity index (χ0n) is 7.65. The second-order valence-electron chi connectivity index (χ2n) is 2.69. The van der Waals surface area contributed by atoms with E-state index < -0.39 is 15.9 Å². The first-order valence-corrected chi connectivity index (χ1v) is 5.04. The lowest BCUT2D eigenvalue weighted by Crippen LogP contribution is -2.01. The van der Waals surface area contributed by atoms with E-state index in [0.717, 1.165) is 5.56 Å². The fourth-order valence-electron chi connectivity index (χ4n) is 0.888. The molecule has 74 valence electrons. The summed E-state index contributed by atoms with van der Waals surface area (Å²) in [6.45, 7) is 1.90. The van der Waals surface area contributed by atoms with Crippen molar-refractivity contribution in [3.05, 3.63) is 35.4 Å². The second kappa shape index (κ2) is 4.36. The molecule has 0 bridgehead atoms. The van der Waals surface area contributed by atoms with Crippen LogP contribution in [0.25, 0.3) is 0 Å². The molecule has 0 aromatic heterocycles. The van der Waals surface area contributed by atoms with Gasteiger partial charge in [-0.3, -0.25) is 0 Å². The van der Waals surface area contributed by atoms with Crippen LogP contribution < -0.4 is 6.15 Å². The van der Waals surface area contributed by atoms with Gasteiger partial charge in [0.15, 0.2) is 0 Å². The van der Waals surface area contributed by atoms with E-state index in [-0.39, 0.29) is 6.15 Å². The third-order valence-corrected chi connectivity index (χ3v) is 2.15. The maximum atomic E-state index is 10.3. The Morgan fingerprint density at radius 1 is 1.23 bits per heavy atom. The van der Waals surface area contributed by atoms with Gasteiger partial charge in [-0.25, -0.2) is 8.42 Å². The zero-order chi connectivity index (χ0) is 9.19. The molecule has 0 radical (unpaired) electrons. The van der Waals surface area contributed by atoms with E-state index in [9.17, 15) is 13.0 Å². The summed E-state index contributed by atoms with van der Waals surface area (Å²) < 4.78 is 31.0. The topological polar surface area (TPSA) is 93.7 Å². The van der Waals surface area contributed by atoms with Crippen LogP contribution in [0.4, 0.5) is 0 Å². The summed E-state index contributed by atoms with van der Waals surface area (Å²) in [6, 6.07) is 6.84. The van der Waals surface area contributed by atoms with Crippen molar-refractivity contribution in [2.24, 2.45) is 0 Å². The molecule has 0 spiro atoms. The smallest absolute Gasteiger partial charge is 0.0988 e. The molecule has 0 amide bonds. The van der Waals surface area contributed by atoms with Crippen molar-refractivity contribution < 1.29 is 13.0 Å². The standard InChI is InChI=1S/C8H10O3S.H3N/c1-7-2-4-8(5-3-7)6-12(9,10)11;/h2-5H,6H2,1H3,(H,9,10,11);1H3. The Bertz CT molecular complexity index is 355. The average Bonchev–Trinajstić information content (AvgIpc) is 1.91. The molecule has 1 aromatic rings. The van der Waals surface area contributed by atoms with Crippen LogP contribution >= 0.6 is 0 Å². The Kier molecular flexibility index (Phi) is 4.06. The van der Waals surface area contributed by atoms with E-state index in [2.05, 4.69) is 0 Å². The van der Waals surface area contributed by atoms with Gasteiger partial charge in [0.1, 0.15) is 0 Å². The molecule has 0 saturated heterocycles. The molecule has 13 heavy (non-hydrogen) atoms. The van der Waals surface area contributed by atoms with Crippen molar-refractivity contribution in [1.29, 1.82) is 0 Å². The van der Waals surface area contributed by atoms with Crippen molar-refractivity contribution in [3.8, 4) is 0 Å². The Morgan fingerprint density at radius 2 is 1.69 bits per heavy atom. The van der Waals surface area contributed by atoms with Gasteiger partial charge >= 0.3 is 0 Å². The Balaban J connectivity index is 0.00000144. The van der Waals surface area contributed by atoms with Gasteiger partial charge in [0.2, 0.25) is 0 Å². The second-order valence-corrected chi connectivity index (χ2v) is 4.09. The van der Waals surface area contributed by atoms with E-state index >= 15 is 0 Å². The summed E-state index contributed by atoms with van der Waals surface area (Å²) in [5, 5.41) is 0. The van der Waals surface area contributed by atoms with Crippen LogP contribution in [0.15, 0.2) is 24.3 Å². The Labute approximate surface area is 77.9 Å². The monoisotopic (exact) mass is 203 g/mol. The van der Waals surface area contributed by atoms with Gasteiger partial charge in [0.25, 0.3) is 0 Å². The first kappa shape index (κ1) is 12.1. The number of quaternary nitrogens is 1. The summed E-state index contributed by atoms with van der Waals surface area (Å²) in [7, 11) is -4.14. The first-order chi connectivity index (χ1) is 5.47. The van der Waals surface area contributed by atoms with Crippen molar-refractivity contribution in [1.82, 2.24) is 6.15 Å². The number of benzene rings is 1. The molecule has 0 aliphatic carbocycles. The molecule has 0 heterocycles. The third-order valence-electron chi connectivity index (χ3n) is 1.46. The van der Waals surface area contributed by atoms with Crippen LogP contribution in [0.5, 0.6) is 0 Å². The number of hydrogen-bond acceptors (Lipinski definition) is 3. The molecule has 1 rings (SSSR count). The summed E-state index contributed by atoms with van der Waals surface area (Å²) in [5.74, 6) is -0.423.